The van der Waals surface area contributed by atoms with Gasteiger partial charge in [0.05, 0.1) is 11.3 Å². The van der Waals surface area contributed by atoms with Crippen LogP contribution in [0.25, 0.3) is 17.2 Å². The lowest BCUT2D eigenvalue weighted by Crippen LogP contribution is -2.29. The van der Waals surface area contributed by atoms with Gasteiger partial charge in [-0.3, -0.25) is 9.59 Å². The van der Waals surface area contributed by atoms with Gasteiger partial charge in [-0.25, -0.2) is 0 Å². The Hall–Kier alpha value is -4.54. The van der Waals surface area contributed by atoms with Gasteiger partial charge in [-0.2, -0.15) is 0 Å². The van der Waals surface area contributed by atoms with E-state index in [1.807, 2.05) is 25.1 Å². The molecule has 206 valence electrons. The molecule has 0 saturated carbocycles. The van der Waals surface area contributed by atoms with E-state index in [2.05, 4.69) is 99.3 Å². The number of ketones is 2. The maximum absolute atomic E-state index is 13.3. The highest BCUT2D eigenvalue weighted by Crippen LogP contribution is 2.56. The normalized spacial score (nSPS) is 16.0. The Morgan fingerprint density at radius 1 is 0.714 bits per heavy atom. The fourth-order valence-electron chi connectivity index (χ4n) is 6.54. The SMILES string of the molecule is Cc1ccc2c(c1)C(=O)/C(=C/c1cc3c(s1)N(c1ccccc1)c1ccc(-c4c(C)cccc4C)cc1C3(C)C)C2=O. The van der Waals surface area contributed by atoms with Gasteiger partial charge in [0, 0.05) is 27.1 Å². The molecule has 0 atom stereocenters. The first kappa shape index (κ1) is 26.4. The number of aryl methyl sites for hydroxylation is 3. The van der Waals surface area contributed by atoms with Gasteiger partial charge in [-0.15, -0.1) is 11.3 Å². The van der Waals surface area contributed by atoms with E-state index < -0.39 is 0 Å². The maximum Gasteiger partial charge on any atom is 0.197 e. The largest absolute Gasteiger partial charge is 0.301 e. The van der Waals surface area contributed by atoms with E-state index in [1.54, 1.807) is 23.5 Å². The third-order valence-corrected chi connectivity index (χ3v) is 9.81. The summed E-state index contributed by atoms with van der Waals surface area (Å²) in [5.41, 5.74) is 11.6. The fraction of sp³-hybridized carbons (Fsp3) is 0.158. The fourth-order valence-corrected chi connectivity index (χ4v) is 7.84. The summed E-state index contributed by atoms with van der Waals surface area (Å²) in [6.07, 6.45) is 1.80. The first-order chi connectivity index (χ1) is 20.1. The van der Waals surface area contributed by atoms with Gasteiger partial charge < -0.3 is 4.90 Å². The number of fused-ring (bicyclic) bond motifs is 3. The van der Waals surface area contributed by atoms with E-state index in [4.69, 9.17) is 0 Å². The minimum atomic E-state index is -0.306. The topological polar surface area (TPSA) is 37.4 Å². The lowest BCUT2D eigenvalue weighted by Gasteiger charge is -2.40. The number of benzene rings is 4. The predicted octanol–water partition coefficient (Wildman–Crippen LogP) is 9.91. The van der Waals surface area contributed by atoms with E-state index in [1.165, 1.54) is 33.4 Å². The molecule has 0 bridgehead atoms. The molecule has 0 saturated heterocycles. The zero-order valence-electron chi connectivity index (χ0n) is 24.4. The van der Waals surface area contributed by atoms with E-state index in [0.29, 0.717) is 11.1 Å². The zero-order valence-corrected chi connectivity index (χ0v) is 25.2. The van der Waals surface area contributed by atoms with Crippen LogP contribution in [0.4, 0.5) is 16.4 Å². The number of Topliss-reactive ketones (excluding diaryl/α,β-unsaturated/α-hetero) is 2. The highest BCUT2D eigenvalue weighted by molar-refractivity contribution is 7.17. The molecule has 5 aromatic rings. The zero-order chi connectivity index (χ0) is 29.3. The molecule has 0 N–H and O–H groups in total. The van der Waals surface area contributed by atoms with Gasteiger partial charge in [0.25, 0.3) is 0 Å². The van der Waals surface area contributed by atoms with Crippen LogP contribution in [0.3, 0.4) is 0 Å². The van der Waals surface area contributed by atoms with Crippen LogP contribution in [-0.2, 0) is 5.41 Å². The Kier molecular flexibility index (Phi) is 5.96. The molecule has 0 unspecified atom stereocenters. The number of carbonyl (C=O) groups excluding carboxylic acids is 2. The van der Waals surface area contributed by atoms with Gasteiger partial charge >= 0.3 is 0 Å². The Bertz CT molecular complexity index is 1960. The molecule has 2 heterocycles. The molecule has 1 aliphatic heterocycles. The van der Waals surface area contributed by atoms with Crippen LogP contribution >= 0.6 is 11.3 Å². The van der Waals surface area contributed by atoms with Gasteiger partial charge in [0.15, 0.2) is 11.6 Å². The summed E-state index contributed by atoms with van der Waals surface area (Å²) in [7, 11) is 0. The lowest BCUT2D eigenvalue weighted by molar-refractivity contribution is 0.0990. The van der Waals surface area contributed by atoms with E-state index >= 15 is 0 Å². The molecule has 2 aliphatic rings. The number of hydrogen-bond donors (Lipinski definition) is 0. The van der Waals surface area contributed by atoms with Gasteiger partial charge in [0.1, 0.15) is 5.00 Å². The molecule has 4 heteroatoms. The smallest absolute Gasteiger partial charge is 0.197 e. The van der Waals surface area contributed by atoms with Crippen molar-refractivity contribution in [3.63, 3.8) is 0 Å². The molecule has 0 fully saturated rings. The van der Waals surface area contributed by atoms with Crippen molar-refractivity contribution in [3.05, 3.63) is 140 Å². The van der Waals surface area contributed by atoms with Crippen molar-refractivity contribution in [1.82, 2.24) is 0 Å². The van der Waals surface area contributed by atoms with Crippen molar-refractivity contribution < 1.29 is 9.59 Å². The minimum absolute atomic E-state index is 0.189. The predicted molar refractivity (Wildman–Crippen MR) is 174 cm³/mol. The molecular formula is C38H31NO2S. The Labute approximate surface area is 250 Å². The summed E-state index contributed by atoms with van der Waals surface area (Å²) in [5.74, 6) is -0.382. The highest BCUT2D eigenvalue weighted by atomic mass is 32.1. The number of allylic oxidation sites excluding steroid dienone is 1. The van der Waals surface area contributed by atoms with Crippen LogP contribution in [0.1, 0.15) is 67.3 Å². The van der Waals surface area contributed by atoms with Crippen molar-refractivity contribution in [1.29, 1.82) is 0 Å². The first-order valence-electron chi connectivity index (χ1n) is 14.3. The lowest BCUT2D eigenvalue weighted by atomic mass is 9.74. The quantitative estimate of drug-likeness (QED) is 0.161. The second kappa shape index (κ2) is 9.50. The first-order valence-corrected chi connectivity index (χ1v) is 15.1. The van der Waals surface area contributed by atoms with Crippen molar-refractivity contribution in [2.45, 2.75) is 40.0 Å². The molecule has 7 rings (SSSR count). The highest BCUT2D eigenvalue weighted by Gasteiger charge is 2.40. The molecule has 0 amide bonds. The van der Waals surface area contributed by atoms with E-state index in [0.717, 1.165) is 26.8 Å². The average Bonchev–Trinajstić information content (AvgIpc) is 3.49. The van der Waals surface area contributed by atoms with Crippen molar-refractivity contribution in [2.24, 2.45) is 0 Å². The van der Waals surface area contributed by atoms with E-state index in [9.17, 15) is 9.59 Å². The summed E-state index contributed by atoms with van der Waals surface area (Å²) in [6.45, 7) is 10.8. The van der Waals surface area contributed by atoms with Crippen LogP contribution in [0.2, 0.25) is 0 Å². The summed E-state index contributed by atoms with van der Waals surface area (Å²) in [5, 5.41) is 1.11. The average molecular weight is 566 g/mol. The molecule has 4 aromatic carbocycles. The Morgan fingerprint density at radius 2 is 1.43 bits per heavy atom. The number of thiophene rings is 1. The summed E-state index contributed by atoms with van der Waals surface area (Å²) in [4.78, 5) is 29.8. The monoisotopic (exact) mass is 565 g/mol. The third-order valence-electron chi connectivity index (χ3n) is 8.74. The number of anilines is 3. The molecule has 1 aliphatic carbocycles. The third kappa shape index (κ3) is 3.93. The molecule has 1 aromatic heterocycles. The van der Waals surface area contributed by atoms with Crippen LogP contribution in [-0.4, -0.2) is 11.6 Å². The maximum atomic E-state index is 13.3. The molecule has 42 heavy (non-hydrogen) atoms. The molecule has 0 spiro atoms. The van der Waals surface area contributed by atoms with Gasteiger partial charge in [0.2, 0.25) is 0 Å². The summed E-state index contributed by atoms with van der Waals surface area (Å²) < 4.78 is 0. The van der Waals surface area contributed by atoms with Crippen molar-refractivity contribution in [2.75, 3.05) is 4.90 Å². The molecule has 3 nitrogen and oxygen atoms in total. The van der Waals surface area contributed by atoms with E-state index in [-0.39, 0.29) is 22.6 Å². The number of rotatable bonds is 3. The second-order valence-corrected chi connectivity index (χ2v) is 13.0. The standard InChI is InChI=1S/C38H31NO2S/c1-22-14-16-28-29(18-22)36(41)30(35(28)40)20-27-21-32-37(42-27)39(26-12-7-6-8-13-26)33-17-15-25(19-31(33)38(32,4)5)34-23(2)10-9-11-24(34)3/h6-21H,1-5H3/b30-20+. The van der Waals surface area contributed by atoms with Gasteiger partial charge in [-0.05, 0) is 96.6 Å². The van der Waals surface area contributed by atoms with Crippen molar-refractivity contribution in [3.8, 4) is 11.1 Å². The number of carbonyl (C=O) groups is 2. The van der Waals surface area contributed by atoms with Crippen LogP contribution in [0, 0.1) is 20.8 Å². The summed E-state index contributed by atoms with van der Waals surface area (Å²) >= 11 is 1.63. The van der Waals surface area contributed by atoms with Gasteiger partial charge in [-0.1, -0.05) is 74.0 Å². The number of nitrogens with zero attached hydrogens (tertiary/aromatic N) is 1. The Balaban J connectivity index is 1.41. The summed E-state index contributed by atoms with van der Waals surface area (Å²) in [6, 6.07) is 31.4. The molecule has 0 radical (unpaired) electrons. The van der Waals surface area contributed by atoms with Crippen LogP contribution < -0.4 is 4.90 Å². The van der Waals surface area contributed by atoms with Crippen molar-refractivity contribution >= 4 is 45.4 Å². The second-order valence-electron chi connectivity index (χ2n) is 11.9. The molecular weight excluding hydrogens is 534 g/mol. The van der Waals surface area contributed by atoms with Crippen LogP contribution in [0.5, 0.6) is 0 Å². The number of para-hydroxylation sites is 1. The Morgan fingerprint density at radius 3 is 2.17 bits per heavy atom. The number of hydrogen-bond acceptors (Lipinski definition) is 4. The minimum Gasteiger partial charge on any atom is -0.301 e. The van der Waals surface area contributed by atoms with Crippen LogP contribution in [0.15, 0.2) is 96.6 Å².